The first-order valence-corrected chi connectivity index (χ1v) is 4.18. The van der Waals surface area contributed by atoms with E-state index in [0.29, 0.717) is 0 Å². The van der Waals surface area contributed by atoms with Gasteiger partial charge in [0.1, 0.15) is 6.26 Å². The molecule has 4 nitrogen and oxygen atoms in total. The number of carbonyl (C=O) groups is 1. The SMILES string of the molecule is CC1(C)C(C(=O)O)C1c1ccon1. The van der Waals surface area contributed by atoms with E-state index in [-0.39, 0.29) is 17.3 Å². The normalized spacial score (nSPS) is 30.0. The van der Waals surface area contributed by atoms with Gasteiger partial charge in [-0.2, -0.15) is 0 Å². The zero-order valence-electron chi connectivity index (χ0n) is 7.52. The summed E-state index contributed by atoms with van der Waals surface area (Å²) in [6, 6.07) is 1.73. The van der Waals surface area contributed by atoms with Crippen molar-refractivity contribution in [1.29, 1.82) is 0 Å². The summed E-state index contributed by atoms with van der Waals surface area (Å²) in [6.07, 6.45) is 1.47. The summed E-state index contributed by atoms with van der Waals surface area (Å²) in [7, 11) is 0. The quantitative estimate of drug-likeness (QED) is 0.750. The predicted octanol–water partition coefficient (Wildman–Crippen LogP) is 1.50. The van der Waals surface area contributed by atoms with Gasteiger partial charge in [0.05, 0.1) is 11.6 Å². The highest BCUT2D eigenvalue weighted by Gasteiger charge is 2.63. The van der Waals surface area contributed by atoms with Crippen LogP contribution in [0.3, 0.4) is 0 Å². The lowest BCUT2D eigenvalue weighted by atomic mass is 10.1. The molecule has 1 aromatic heterocycles. The second kappa shape index (κ2) is 2.34. The van der Waals surface area contributed by atoms with Crippen LogP contribution in [0.25, 0.3) is 0 Å². The maximum atomic E-state index is 10.8. The zero-order valence-corrected chi connectivity index (χ0v) is 7.52. The monoisotopic (exact) mass is 181 g/mol. The Morgan fingerprint density at radius 1 is 1.69 bits per heavy atom. The minimum Gasteiger partial charge on any atom is -0.481 e. The molecule has 0 aromatic carbocycles. The Morgan fingerprint density at radius 3 is 2.77 bits per heavy atom. The summed E-state index contributed by atoms with van der Waals surface area (Å²) in [5.41, 5.74) is 0.556. The second-order valence-electron chi connectivity index (χ2n) is 4.04. The summed E-state index contributed by atoms with van der Waals surface area (Å²) in [4.78, 5) is 10.8. The van der Waals surface area contributed by atoms with E-state index in [1.54, 1.807) is 6.07 Å². The van der Waals surface area contributed by atoms with Crippen molar-refractivity contribution in [3.8, 4) is 0 Å². The van der Waals surface area contributed by atoms with Crippen LogP contribution in [0, 0.1) is 11.3 Å². The van der Waals surface area contributed by atoms with Gasteiger partial charge in [0.15, 0.2) is 0 Å². The maximum absolute atomic E-state index is 10.8. The molecule has 1 heterocycles. The zero-order chi connectivity index (χ0) is 9.64. The number of rotatable bonds is 2. The number of aromatic nitrogens is 1. The van der Waals surface area contributed by atoms with Crippen LogP contribution in [-0.4, -0.2) is 16.2 Å². The van der Waals surface area contributed by atoms with Crippen LogP contribution < -0.4 is 0 Å². The molecule has 0 saturated heterocycles. The van der Waals surface area contributed by atoms with E-state index in [9.17, 15) is 4.79 Å². The Balaban J connectivity index is 2.25. The third-order valence-corrected chi connectivity index (χ3v) is 2.87. The molecule has 4 heteroatoms. The molecule has 0 spiro atoms. The van der Waals surface area contributed by atoms with Crippen molar-refractivity contribution in [3.63, 3.8) is 0 Å². The molecule has 1 N–H and O–H groups in total. The number of carboxylic acids is 1. The van der Waals surface area contributed by atoms with Crippen LogP contribution in [0.4, 0.5) is 0 Å². The van der Waals surface area contributed by atoms with Gasteiger partial charge < -0.3 is 9.63 Å². The lowest BCUT2D eigenvalue weighted by molar-refractivity contribution is -0.139. The molecule has 1 aromatic rings. The lowest BCUT2D eigenvalue weighted by Crippen LogP contribution is -2.03. The van der Waals surface area contributed by atoms with Gasteiger partial charge in [0, 0.05) is 12.0 Å². The molecule has 1 fully saturated rings. The largest absolute Gasteiger partial charge is 0.481 e. The molecule has 1 aliphatic rings. The molecular formula is C9H11NO3. The fourth-order valence-corrected chi connectivity index (χ4v) is 2.03. The van der Waals surface area contributed by atoms with E-state index in [2.05, 4.69) is 5.16 Å². The van der Waals surface area contributed by atoms with Crippen LogP contribution in [-0.2, 0) is 4.79 Å². The van der Waals surface area contributed by atoms with Gasteiger partial charge in [-0.1, -0.05) is 19.0 Å². The van der Waals surface area contributed by atoms with Gasteiger partial charge in [-0.05, 0) is 5.41 Å². The molecule has 0 radical (unpaired) electrons. The third kappa shape index (κ3) is 1.05. The molecule has 2 unspecified atom stereocenters. The molecule has 0 amide bonds. The fourth-order valence-electron chi connectivity index (χ4n) is 2.03. The van der Waals surface area contributed by atoms with E-state index in [0.717, 1.165) is 5.69 Å². The minimum atomic E-state index is -0.752. The molecule has 0 bridgehead atoms. The van der Waals surface area contributed by atoms with Gasteiger partial charge in [0.25, 0.3) is 0 Å². The summed E-state index contributed by atoms with van der Waals surface area (Å²) in [5, 5.41) is 12.7. The minimum absolute atomic E-state index is 0.00347. The highest BCUT2D eigenvalue weighted by atomic mass is 16.5. The van der Waals surface area contributed by atoms with E-state index in [4.69, 9.17) is 9.63 Å². The van der Waals surface area contributed by atoms with Crippen molar-refractivity contribution < 1.29 is 14.4 Å². The van der Waals surface area contributed by atoms with Crippen LogP contribution in [0.1, 0.15) is 25.5 Å². The first-order valence-electron chi connectivity index (χ1n) is 4.18. The number of carboxylic acid groups (broad SMARTS) is 1. The topological polar surface area (TPSA) is 63.3 Å². The van der Waals surface area contributed by atoms with Crippen molar-refractivity contribution in [2.45, 2.75) is 19.8 Å². The Hall–Kier alpha value is -1.32. The van der Waals surface area contributed by atoms with Crippen LogP contribution >= 0.6 is 0 Å². The van der Waals surface area contributed by atoms with Gasteiger partial charge in [0.2, 0.25) is 0 Å². The Morgan fingerprint density at radius 2 is 2.38 bits per heavy atom. The Labute approximate surface area is 75.5 Å². The van der Waals surface area contributed by atoms with E-state index in [1.165, 1.54) is 6.26 Å². The first-order chi connectivity index (χ1) is 6.05. The van der Waals surface area contributed by atoms with Crippen LogP contribution in [0.15, 0.2) is 16.9 Å². The summed E-state index contributed by atoms with van der Waals surface area (Å²) >= 11 is 0. The van der Waals surface area contributed by atoms with E-state index >= 15 is 0 Å². The Kier molecular flexibility index (Phi) is 1.49. The van der Waals surface area contributed by atoms with Crippen molar-refractivity contribution in [2.24, 2.45) is 11.3 Å². The molecule has 0 aliphatic heterocycles. The highest BCUT2D eigenvalue weighted by molar-refractivity contribution is 5.77. The number of hydrogen-bond acceptors (Lipinski definition) is 3. The van der Waals surface area contributed by atoms with Gasteiger partial charge in [-0.15, -0.1) is 0 Å². The van der Waals surface area contributed by atoms with Gasteiger partial charge in [-0.3, -0.25) is 4.79 Å². The van der Waals surface area contributed by atoms with E-state index in [1.807, 2.05) is 13.8 Å². The van der Waals surface area contributed by atoms with Crippen molar-refractivity contribution in [1.82, 2.24) is 5.16 Å². The molecule has 1 saturated carbocycles. The molecule has 2 rings (SSSR count). The fraction of sp³-hybridized carbons (Fsp3) is 0.556. The summed E-state index contributed by atoms with van der Waals surface area (Å²) in [6.45, 7) is 3.87. The predicted molar refractivity (Wildman–Crippen MR) is 44.2 cm³/mol. The highest BCUT2D eigenvalue weighted by Crippen LogP contribution is 2.63. The lowest BCUT2D eigenvalue weighted by Gasteiger charge is -1.96. The van der Waals surface area contributed by atoms with Gasteiger partial charge in [-0.25, -0.2) is 0 Å². The van der Waals surface area contributed by atoms with Crippen LogP contribution in [0.2, 0.25) is 0 Å². The number of aliphatic carboxylic acids is 1. The summed E-state index contributed by atoms with van der Waals surface area (Å²) in [5.74, 6) is -1.07. The standard InChI is InChI=1S/C9H11NO3/c1-9(2)6(7(9)8(11)12)5-3-4-13-10-5/h3-4,6-7H,1-2H3,(H,11,12). The van der Waals surface area contributed by atoms with E-state index < -0.39 is 5.97 Å². The van der Waals surface area contributed by atoms with Crippen molar-refractivity contribution in [3.05, 3.63) is 18.0 Å². The molecule has 13 heavy (non-hydrogen) atoms. The Bertz CT molecular complexity index is 329. The average Bonchev–Trinajstić information content (AvgIpc) is 2.50. The number of nitrogens with zero attached hydrogens (tertiary/aromatic N) is 1. The number of hydrogen-bond donors (Lipinski definition) is 1. The van der Waals surface area contributed by atoms with Gasteiger partial charge >= 0.3 is 5.97 Å². The maximum Gasteiger partial charge on any atom is 0.307 e. The molecule has 70 valence electrons. The van der Waals surface area contributed by atoms with Crippen molar-refractivity contribution in [2.75, 3.05) is 0 Å². The smallest absolute Gasteiger partial charge is 0.307 e. The molecule has 2 atom stereocenters. The van der Waals surface area contributed by atoms with Crippen LogP contribution in [0.5, 0.6) is 0 Å². The molecular weight excluding hydrogens is 170 g/mol. The average molecular weight is 181 g/mol. The summed E-state index contributed by atoms with van der Waals surface area (Å²) < 4.78 is 4.69. The first kappa shape index (κ1) is 8.29. The second-order valence-corrected chi connectivity index (χ2v) is 4.04. The van der Waals surface area contributed by atoms with Crippen molar-refractivity contribution >= 4 is 5.97 Å². The molecule has 1 aliphatic carbocycles. The third-order valence-electron chi connectivity index (χ3n) is 2.87.